The molecule has 0 unspecified atom stereocenters. The van der Waals surface area contributed by atoms with Crippen molar-refractivity contribution < 1.29 is 54.5 Å². The molecule has 0 aliphatic rings. The predicted octanol–water partition coefficient (Wildman–Crippen LogP) is 3.09. The number of phenols is 1. The van der Waals surface area contributed by atoms with Gasteiger partial charge in [0.1, 0.15) is 11.3 Å². The molecule has 2 N–H and O–H groups in total. The van der Waals surface area contributed by atoms with Gasteiger partial charge < -0.3 is 20.1 Å². The molecular formula is C25H41NaO5. The summed E-state index contributed by atoms with van der Waals surface area (Å²) in [6.45, 7) is 2.27. The van der Waals surface area contributed by atoms with Crippen molar-refractivity contribution in [2.24, 2.45) is 0 Å². The second kappa shape index (κ2) is 23.6. The first kappa shape index (κ1) is 32.1. The number of benzene rings is 1. The van der Waals surface area contributed by atoms with E-state index in [1.165, 1.54) is 95.6 Å². The van der Waals surface area contributed by atoms with E-state index in [-0.39, 0.29) is 47.3 Å². The molecule has 0 bridgehead atoms. The van der Waals surface area contributed by atoms with E-state index < -0.39 is 11.9 Å². The van der Waals surface area contributed by atoms with Crippen LogP contribution in [-0.2, 0) is 4.79 Å². The zero-order valence-corrected chi connectivity index (χ0v) is 21.7. The van der Waals surface area contributed by atoms with Gasteiger partial charge in [0.2, 0.25) is 0 Å². The Morgan fingerprint density at radius 3 is 1.45 bits per heavy atom. The standard InChI is InChI=1S/C18H36O2.C7H6O3.Na/c1-2-3-4-5-6-7-8-9-10-11-12-13-14-15-16-17-18(19)20;8-6-4-2-1-3-5(6)7(9)10;/h2-17H2,1H3,(H,19,20);1-4,8H,(H,9,10);/q;;+1/p-1. The molecule has 172 valence electrons. The minimum absolute atomic E-state index is 0. The minimum atomic E-state index is -1.11. The van der Waals surface area contributed by atoms with Crippen molar-refractivity contribution in [1.29, 1.82) is 0 Å². The number of para-hydroxylation sites is 1. The maximum atomic E-state index is 10.3. The van der Waals surface area contributed by atoms with Crippen LogP contribution in [0.3, 0.4) is 0 Å². The van der Waals surface area contributed by atoms with E-state index in [2.05, 4.69) is 6.92 Å². The Kier molecular flexibility index (Phi) is 24.5. The van der Waals surface area contributed by atoms with Gasteiger partial charge in [-0.25, -0.2) is 4.79 Å². The van der Waals surface area contributed by atoms with E-state index in [0.29, 0.717) is 0 Å². The average molecular weight is 445 g/mol. The maximum absolute atomic E-state index is 10.3. The Bertz CT molecular complexity index is 563. The number of aromatic carboxylic acids is 1. The summed E-state index contributed by atoms with van der Waals surface area (Å²) in [4.78, 5) is 20.5. The first-order valence-electron chi connectivity index (χ1n) is 11.7. The zero-order valence-electron chi connectivity index (χ0n) is 19.7. The molecule has 1 aromatic rings. The fourth-order valence-electron chi connectivity index (χ4n) is 3.30. The first-order valence-corrected chi connectivity index (χ1v) is 11.7. The third-order valence-corrected chi connectivity index (χ3v) is 5.12. The predicted molar refractivity (Wildman–Crippen MR) is 120 cm³/mol. The van der Waals surface area contributed by atoms with Gasteiger partial charge in [-0.15, -0.1) is 0 Å². The number of carboxylic acids is 2. The van der Waals surface area contributed by atoms with Crippen LogP contribution in [0.4, 0.5) is 0 Å². The maximum Gasteiger partial charge on any atom is 1.00 e. The molecule has 0 atom stereocenters. The number of rotatable bonds is 17. The summed E-state index contributed by atoms with van der Waals surface area (Å²) in [5.41, 5.74) is -0.0671. The Balaban J connectivity index is 0. The summed E-state index contributed by atoms with van der Waals surface area (Å²) in [6.07, 6.45) is 19.9. The molecule has 0 spiro atoms. The average Bonchev–Trinajstić information content (AvgIpc) is 2.71. The number of carbonyl (C=O) groups excluding carboxylic acids is 1. The number of unbranched alkanes of at least 4 members (excludes halogenated alkanes) is 14. The van der Waals surface area contributed by atoms with E-state index >= 15 is 0 Å². The Labute approximate surface area is 210 Å². The summed E-state index contributed by atoms with van der Waals surface area (Å²) >= 11 is 0. The van der Waals surface area contributed by atoms with E-state index in [1.54, 1.807) is 12.1 Å². The van der Waals surface area contributed by atoms with Gasteiger partial charge in [-0.3, -0.25) is 0 Å². The Hall–Kier alpha value is -1.04. The quantitative estimate of drug-likeness (QED) is 0.284. The van der Waals surface area contributed by atoms with Crippen LogP contribution in [0, 0.1) is 0 Å². The summed E-state index contributed by atoms with van der Waals surface area (Å²) in [5, 5.41) is 27.5. The number of hydrogen-bond acceptors (Lipinski definition) is 4. The van der Waals surface area contributed by atoms with Crippen molar-refractivity contribution in [3.05, 3.63) is 29.8 Å². The van der Waals surface area contributed by atoms with Crippen molar-refractivity contribution in [3.8, 4) is 5.75 Å². The number of hydrogen-bond donors (Lipinski definition) is 2. The van der Waals surface area contributed by atoms with E-state index in [0.717, 1.165) is 12.8 Å². The van der Waals surface area contributed by atoms with Crippen molar-refractivity contribution >= 4 is 11.9 Å². The smallest absolute Gasteiger partial charge is 0.550 e. The van der Waals surface area contributed by atoms with Crippen LogP contribution < -0.4 is 34.7 Å². The second-order valence-electron chi connectivity index (χ2n) is 7.89. The van der Waals surface area contributed by atoms with E-state index in [4.69, 9.17) is 10.2 Å². The van der Waals surface area contributed by atoms with Gasteiger partial charge in [0.25, 0.3) is 0 Å². The zero-order chi connectivity index (χ0) is 22.5. The molecule has 0 aliphatic heterocycles. The molecule has 6 heteroatoms. The largest absolute Gasteiger partial charge is 1.00 e. The van der Waals surface area contributed by atoms with Crippen LogP contribution in [0.15, 0.2) is 24.3 Å². The fourth-order valence-corrected chi connectivity index (χ4v) is 3.30. The number of aromatic hydroxyl groups is 1. The van der Waals surface area contributed by atoms with Gasteiger partial charge in [-0.05, 0) is 25.0 Å². The topological polar surface area (TPSA) is 97.7 Å². The summed E-state index contributed by atoms with van der Waals surface area (Å²) in [6, 6.07) is 5.81. The minimum Gasteiger partial charge on any atom is -0.550 e. The van der Waals surface area contributed by atoms with Gasteiger partial charge in [0, 0.05) is 5.97 Å². The van der Waals surface area contributed by atoms with Crippen molar-refractivity contribution in [1.82, 2.24) is 0 Å². The molecule has 5 nitrogen and oxygen atoms in total. The molecule has 0 heterocycles. The molecule has 0 saturated heterocycles. The first-order chi connectivity index (χ1) is 14.5. The second-order valence-corrected chi connectivity index (χ2v) is 7.89. The van der Waals surface area contributed by atoms with Gasteiger partial charge in [-0.1, -0.05) is 109 Å². The van der Waals surface area contributed by atoms with Crippen LogP contribution in [0.25, 0.3) is 0 Å². The van der Waals surface area contributed by atoms with Gasteiger partial charge in [-0.2, -0.15) is 0 Å². The van der Waals surface area contributed by atoms with Gasteiger partial charge >= 0.3 is 35.5 Å². The van der Waals surface area contributed by atoms with Crippen LogP contribution >= 0.6 is 0 Å². The van der Waals surface area contributed by atoms with Gasteiger partial charge in [0.05, 0.1) is 0 Å². The molecule has 1 rings (SSSR count). The van der Waals surface area contributed by atoms with Crippen molar-refractivity contribution in [2.75, 3.05) is 0 Å². The third kappa shape index (κ3) is 22.0. The molecule has 0 radical (unpaired) electrons. The monoisotopic (exact) mass is 444 g/mol. The van der Waals surface area contributed by atoms with Crippen LogP contribution in [0.5, 0.6) is 5.75 Å². The van der Waals surface area contributed by atoms with Gasteiger partial charge in [0.15, 0.2) is 0 Å². The molecule has 0 aromatic heterocycles. The molecule has 1 aromatic carbocycles. The summed E-state index contributed by atoms with van der Waals surface area (Å²) in [5.74, 6) is -2.22. The Morgan fingerprint density at radius 2 is 1.13 bits per heavy atom. The number of carboxylic acid groups (broad SMARTS) is 2. The third-order valence-electron chi connectivity index (χ3n) is 5.12. The van der Waals surface area contributed by atoms with E-state index in [1.807, 2.05) is 0 Å². The normalized spacial score (nSPS) is 9.97. The van der Waals surface area contributed by atoms with Crippen molar-refractivity contribution in [2.45, 2.75) is 110 Å². The summed E-state index contributed by atoms with van der Waals surface area (Å²) in [7, 11) is 0. The Morgan fingerprint density at radius 1 is 0.742 bits per heavy atom. The molecule has 0 fully saturated rings. The number of carbonyl (C=O) groups is 2. The molecule has 31 heavy (non-hydrogen) atoms. The van der Waals surface area contributed by atoms with E-state index in [9.17, 15) is 14.7 Å². The molecule has 0 amide bonds. The van der Waals surface area contributed by atoms with Crippen LogP contribution in [-0.4, -0.2) is 22.2 Å². The number of aliphatic carboxylic acids is 1. The summed E-state index contributed by atoms with van der Waals surface area (Å²) < 4.78 is 0. The SMILES string of the molecule is CCCCCCCCCCCCCCCCCC(=O)[O-].O=C(O)c1ccccc1O.[Na+]. The molecule has 0 saturated carbocycles. The van der Waals surface area contributed by atoms with Crippen LogP contribution in [0.2, 0.25) is 0 Å². The fraction of sp³-hybridized carbons (Fsp3) is 0.680. The molecule has 0 aliphatic carbocycles. The van der Waals surface area contributed by atoms with Crippen molar-refractivity contribution in [3.63, 3.8) is 0 Å². The molecular weight excluding hydrogens is 403 g/mol. The van der Waals surface area contributed by atoms with Crippen LogP contribution in [0.1, 0.15) is 120 Å².